The van der Waals surface area contributed by atoms with Gasteiger partial charge in [0.2, 0.25) is 5.91 Å². The van der Waals surface area contributed by atoms with Crippen molar-refractivity contribution in [1.82, 2.24) is 20.1 Å². The number of carbonyl (C=O) groups is 2. The van der Waals surface area contributed by atoms with E-state index in [9.17, 15) is 14.0 Å². The molecule has 0 saturated carbocycles. The van der Waals surface area contributed by atoms with Gasteiger partial charge in [0.1, 0.15) is 5.82 Å². The largest absolute Gasteiger partial charge is 0.345 e. The topological polar surface area (TPSA) is 88.9 Å². The van der Waals surface area contributed by atoms with Crippen LogP contribution in [-0.2, 0) is 17.9 Å². The van der Waals surface area contributed by atoms with Gasteiger partial charge in [0.15, 0.2) is 11.0 Å². The molecule has 0 bridgehead atoms. The van der Waals surface area contributed by atoms with Crippen LogP contribution in [0.15, 0.2) is 58.2 Å². The molecule has 0 saturated heterocycles. The van der Waals surface area contributed by atoms with Gasteiger partial charge >= 0.3 is 0 Å². The number of carbonyl (C=O) groups excluding carboxylic acids is 2. The Balaban J connectivity index is 1.57. The van der Waals surface area contributed by atoms with E-state index >= 15 is 0 Å². The van der Waals surface area contributed by atoms with Gasteiger partial charge in [-0.05, 0) is 37.3 Å². The highest BCUT2D eigenvalue weighted by molar-refractivity contribution is 9.10. The summed E-state index contributed by atoms with van der Waals surface area (Å²) >= 11 is 4.37. The quantitative estimate of drug-likeness (QED) is 0.467. The Labute approximate surface area is 185 Å². The van der Waals surface area contributed by atoms with Gasteiger partial charge in [0.05, 0.1) is 18.0 Å². The molecule has 7 nitrogen and oxygen atoms in total. The molecule has 10 heteroatoms. The van der Waals surface area contributed by atoms with Crippen LogP contribution in [0.3, 0.4) is 0 Å². The number of rotatable bonds is 8. The number of amides is 2. The Bertz CT molecular complexity index is 1040. The van der Waals surface area contributed by atoms with E-state index in [0.29, 0.717) is 27.6 Å². The van der Waals surface area contributed by atoms with Crippen molar-refractivity contribution in [2.24, 2.45) is 0 Å². The Morgan fingerprint density at radius 3 is 2.63 bits per heavy atom. The first-order valence-corrected chi connectivity index (χ1v) is 10.9. The summed E-state index contributed by atoms with van der Waals surface area (Å²) in [7, 11) is 0. The van der Waals surface area contributed by atoms with Crippen molar-refractivity contribution in [1.29, 1.82) is 0 Å². The lowest BCUT2D eigenvalue weighted by Crippen LogP contribution is -2.24. The summed E-state index contributed by atoms with van der Waals surface area (Å²) < 4.78 is 16.3. The van der Waals surface area contributed by atoms with Gasteiger partial charge in [-0.3, -0.25) is 9.59 Å². The van der Waals surface area contributed by atoms with Crippen molar-refractivity contribution in [3.05, 3.63) is 70.2 Å². The minimum Gasteiger partial charge on any atom is -0.345 e. The molecule has 0 fully saturated rings. The fourth-order valence-electron chi connectivity index (χ4n) is 2.63. The van der Waals surface area contributed by atoms with E-state index in [1.165, 1.54) is 23.9 Å². The van der Waals surface area contributed by atoms with Crippen molar-refractivity contribution < 1.29 is 14.0 Å². The number of nitrogens with one attached hydrogen (secondary N) is 2. The summed E-state index contributed by atoms with van der Waals surface area (Å²) in [5.41, 5.74) is 0.677. The van der Waals surface area contributed by atoms with Crippen LogP contribution in [0.25, 0.3) is 0 Å². The smallest absolute Gasteiger partial charge is 0.251 e. The van der Waals surface area contributed by atoms with E-state index in [4.69, 9.17) is 0 Å². The molecule has 2 amide bonds. The van der Waals surface area contributed by atoms with Gasteiger partial charge in [-0.1, -0.05) is 45.9 Å². The predicted octanol–water partition coefficient (Wildman–Crippen LogP) is 3.86. The van der Waals surface area contributed by atoms with E-state index in [-0.39, 0.29) is 29.8 Å². The Morgan fingerprint density at radius 1 is 1.17 bits per heavy atom. The molecule has 3 aromatic rings. The van der Waals surface area contributed by atoms with E-state index in [1.807, 2.05) is 17.6 Å². The summed E-state index contributed by atoms with van der Waals surface area (Å²) in [4.78, 5) is 24.4. The van der Waals surface area contributed by atoms with Gasteiger partial charge in [-0.15, -0.1) is 10.2 Å². The van der Waals surface area contributed by atoms with E-state index < -0.39 is 5.82 Å². The summed E-state index contributed by atoms with van der Waals surface area (Å²) in [5.74, 6) is -0.444. The molecule has 156 valence electrons. The minimum atomic E-state index is -0.518. The maximum atomic E-state index is 13.9. The number of thioether (sulfide) groups is 1. The highest BCUT2D eigenvalue weighted by atomic mass is 79.9. The number of nitrogens with zero attached hydrogens (tertiary/aromatic N) is 3. The van der Waals surface area contributed by atoms with Crippen LogP contribution >= 0.6 is 27.7 Å². The van der Waals surface area contributed by atoms with Crippen molar-refractivity contribution >= 4 is 45.2 Å². The van der Waals surface area contributed by atoms with Crippen LogP contribution in [0.1, 0.15) is 23.1 Å². The maximum Gasteiger partial charge on any atom is 0.251 e. The molecule has 0 aliphatic carbocycles. The van der Waals surface area contributed by atoms with Crippen LogP contribution in [-0.4, -0.2) is 32.3 Å². The summed E-state index contributed by atoms with van der Waals surface area (Å²) in [6.45, 7) is 2.72. The van der Waals surface area contributed by atoms with Crippen LogP contribution in [0.4, 0.5) is 10.1 Å². The lowest BCUT2D eigenvalue weighted by molar-refractivity contribution is -0.113. The maximum absolute atomic E-state index is 13.9. The van der Waals surface area contributed by atoms with Crippen LogP contribution in [0.5, 0.6) is 0 Å². The number of benzene rings is 2. The minimum absolute atomic E-state index is 0.0456. The van der Waals surface area contributed by atoms with Crippen molar-refractivity contribution in [2.45, 2.75) is 25.2 Å². The first kappa shape index (κ1) is 22.0. The number of hydrogen-bond donors (Lipinski definition) is 2. The standard InChI is InChI=1S/C20H19BrFN5O2S/c1-2-27-17(11-23-19(29)13-6-4-3-5-7-13)25-26-20(27)30-12-18(28)24-16-9-8-14(21)10-15(16)22/h3-10H,2,11-12H2,1H3,(H,23,29)(H,24,28). The molecule has 0 aliphatic rings. The van der Waals surface area contributed by atoms with Crippen molar-refractivity contribution in [3.8, 4) is 0 Å². The molecule has 0 unspecified atom stereocenters. The first-order chi connectivity index (χ1) is 14.5. The Hall–Kier alpha value is -2.72. The Kier molecular flexibility index (Phi) is 7.58. The average molecular weight is 492 g/mol. The SMILES string of the molecule is CCn1c(CNC(=O)c2ccccc2)nnc1SCC(=O)Nc1ccc(Br)cc1F. The number of hydrogen-bond acceptors (Lipinski definition) is 5. The van der Waals surface area contributed by atoms with Gasteiger partial charge < -0.3 is 15.2 Å². The third-order valence-electron chi connectivity index (χ3n) is 4.09. The monoisotopic (exact) mass is 491 g/mol. The molecule has 0 radical (unpaired) electrons. The average Bonchev–Trinajstić information content (AvgIpc) is 3.15. The number of aromatic nitrogens is 3. The lowest BCUT2D eigenvalue weighted by Gasteiger charge is -2.09. The summed E-state index contributed by atoms with van der Waals surface area (Å²) in [6.07, 6.45) is 0. The highest BCUT2D eigenvalue weighted by Crippen LogP contribution is 2.21. The van der Waals surface area contributed by atoms with Crippen LogP contribution < -0.4 is 10.6 Å². The van der Waals surface area contributed by atoms with E-state index in [1.54, 1.807) is 30.3 Å². The molecule has 2 aromatic carbocycles. The molecule has 30 heavy (non-hydrogen) atoms. The normalized spacial score (nSPS) is 10.6. The fourth-order valence-corrected chi connectivity index (χ4v) is 3.79. The van der Waals surface area contributed by atoms with E-state index in [2.05, 4.69) is 36.8 Å². The third kappa shape index (κ3) is 5.67. The second-order valence-electron chi connectivity index (χ2n) is 6.15. The molecule has 1 heterocycles. The zero-order valence-electron chi connectivity index (χ0n) is 16.1. The third-order valence-corrected chi connectivity index (χ3v) is 5.55. The van der Waals surface area contributed by atoms with Crippen LogP contribution in [0, 0.1) is 5.82 Å². The summed E-state index contributed by atoms with van der Waals surface area (Å²) in [5, 5.41) is 14.1. The van der Waals surface area contributed by atoms with Crippen molar-refractivity contribution in [3.63, 3.8) is 0 Å². The van der Waals surface area contributed by atoms with Crippen LogP contribution in [0.2, 0.25) is 0 Å². The van der Waals surface area contributed by atoms with Gasteiger partial charge in [-0.2, -0.15) is 0 Å². The molecule has 0 aliphatic heterocycles. The zero-order valence-corrected chi connectivity index (χ0v) is 18.5. The van der Waals surface area contributed by atoms with Crippen molar-refractivity contribution in [2.75, 3.05) is 11.1 Å². The second kappa shape index (κ2) is 10.4. The van der Waals surface area contributed by atoms with Gasteiger partial charge in [-0.25, -0.2) is 4.39 Å². The molecule has 2 N–H and O–H groups in total. The summed E-state index contributed by atoms with van der Waals surface area (Å²) in [6, 6.07) is 13.3. The lowest BCUT2D eigenvalue weighted by atomic mass is 10.2. The molecule has 3 rings (SSSR count). The highest BCUT2D eigenvalue weighted by Gasteiger charge is 2.15. The molecule has 0 spiro atoms. The second-order valence-corrected chi connectivity index (χ2v) is 8.01. The number of halogens is 2. The molecular formula is C20H19BrFN5O2S. The van der Waals surface area contributed by atoms with Gasteiger partial charge in [0, 0.05) is 16.6 Å². The molecule has 0 atom stereocenters. The van der Waals surface area contributed by atoms with E-state index in [0.717, 1.165) is 0 Å². The first-order valence-electron chi connectivity index (χ1n) is 9.11. The molecule has 1 aromatic heterocycles. The number of anilines is 1. The Morgan fingerprint density at radius 2 is 1.93 bits per heavy atom. The molecular weight excluding hydrogens is 473 g/mol. The zero-order chi connectivity index (χ0) is 21.5. The van der Waals surface area contributed by atoms with Gasteiger partial charge in [0.25, 0.3) is 5.91 Å². The fraction of sp³-hybridized carbons (Fsp3) is 0.200. The predicted molar refractivity (Wildman–Crippen MR) is 117 cm³/mol.